The molecule has 0 spiro atoms. The van der Waals surface area contributed by atoms with Crippen LogP contribution >= 0.6 is 11.8 Å². The van der Waals surface area contributed by atoms with E-state index in [1.807, 2.05) is 43.3 Å². The molecule has 1 aromatic heterocycles. The van der Waals surface area contributed by atoms with Crippen molar-refractivity contribution < 1.29 is 14.0 Å². The molecule has 0 aliphatic rings. The molecule has 29 heavy (non-hydrogen) atoms. The zero-order chi connectivity index (χ0) is 20.8. The molecule has 3 aromatic rings. The Kier molecular flexibility index (Phi) is 6.66. The number of nitrogens with one attached hydrogen (secondary N) is 1. The summed E-state index contributed by atoms with van der Waals surface area (Å²) >= 11 is 1.07. The summed E-state index contributed by atoms with van der Waals surface area (Å²) in [4.78, 5) is 26.5. The molecule has 0 aliphatic carbocycles. The fourth-order valence-corrected chi connectivity index (χ4v) is 3.19. The molecule has 1 N–H and O–H groups in total. The molecule has 8 heteroatoms. The van der Waals surface area contributed by atoms with Gasteiger partial charge in [-0.25, -0.2) is 0 Å². The van der Waals surface area contributed by atoms with Crippen molar-refractivity contribution in [1.29, 1.82) is 0 Å². The third-order valence-corrected chi connectivity index (χ3v) is 5.17. The molecule has 3 rings (SSSR count). The summed E-state index contributed by atoms with van der Waals surface area (Å²) in [6, 6.07) is 15.0. The van der Waals surface area contributed by atoms with Crippen LogP contribution in [0, 0.1) is 6.92 Å². The van der Waals surface area contributed by atoms with Gasteiger partial charge in [-0.15, -0.1) is 10.2 Å². The van der Waals surface area contributed by atoms with Gasteiger partial charge in [0.05, 0.1) is 5.69 Å². The van der Waals surface area contributed by atoms with Crippen molar-refractivity contribution in [3.63, 3.8) is 0 Å². The molecule has 0 atom stereocenters. The lowest BCUT2D eigenvalue weighted by Gasteiger charge is -2.12. The number of thioether (sulfide) groups is 1. The monoisotopic (exact) mass is 410 g/mol. The maximum Gasteiger partial charge on any atom is 0.286 e. The lowest BCUT2D eigenvalue weighted by molar-refractivity contribution is -0.116. The summed E-state index contributed by atoms with van der Waals surface area (Å²) < 4.78 is 5.66. The predicted molar refractivity (Wildman–Crippen MR) is 113 cm³/mol. The minimum atomic E-state index is -0.189. The molecule has 150 valence electrons. The lowest BCUT2D eigenvalue weighted by Crippen LogP contribution is -2.17. The van der Waals surface area contributed by atoms with Crippen LogP contribution in [0.5, 0.6) is 0 Å². The highest BCUT2D eigenvalue weighted by Crippen LogP contribution is 2.28. The van der Waals surface area contributed by atoms with Gasteiger partial charge in [-0.2, -0.15) is 0 Å². The van der Waals surface area contributed by atoms with Crippen LogP contribution < -0.4 is 5.32 Å². The average Bonchev–Trinajstić information content (AvgIpc) is 3.17. The normalized spacial score (nSPS) is 10.6. The van der Waals surface area contributed by atoms with Gasteiger partial charge in [0, 0.05) is 37.4 Å². The molecular formula is C21H22N4O3S. The van der Waals surface area contributed by atoms with Crippen molar-refractivity contribution in [3.8, 4) is 11.5 Å². The fourth-order valence-electron chi connectivity index (χ4n) is 2.44. The molecule has 2 aromatic carbocycles. The van der Waals surface area contributed by atoms with E-state index in [1.165, 1.54) is 4.90 Å². The molecule has 0 saturated heterocycles. The lowest BCUT2D eigenvalue weighted by atomic mass is 10.1. The van der Waals surface area contributed by atoms with Crippen LogP contribution in [0.4, 0.5) is 10.5 Å². The number of para-hydroxylation sites is 1. The third-order valence-electron chi connectivity index (χ3n) is 4.05. The van der Waals surface area contributed by atoms with Crippen molar-refractivity contribution in [2.45, 2.75) is 24.7 Å². The number of nitrogens with zero attached hydrogens (tertiary/aromatic N) is 3. The number of rotatable bonds is 6. The van der Waals surface area contributed by atoms with Crippen molar-refractivity contribution >= 4 is 28.6 Å². The average molecular weight is 410 g/mol. The van der Waals surface area contributed by atoms with E-state index in [-0.39, 0.29) is 17.6 Å². The summed E-state index contributed by atoms with van der Waals surface area (Å²) in [5, 5.41) is 10.8. The smallest absolute Gasteiger partial charge is 0.286 e. The highest BCUT2D eigenvalue weighted by molar-refractivity contribution is 8.13. The Morgan fingerprint density at radius 3 is 2.52 bits per heavy atom. The highest BCUT2D eigenvalue weighted by Gasteiger charge is 2.14. The molecule has 0 fully saturated rings. The molecule has 0 aliphatic heterocycles. The SMILES string of the molecule is Cc1ccc(-c2nnc(CCC(=O)Nc3ccccc3SC(=O)N(C)C)o2)cc1. The van der Waals surface area contributed by atoms with Gasteiger partial charge < -0.3 is 14.6 Å². The number of hydrogen-bond acceptors (Lipinski definition) is 6. The van der Waals surface area contributed by atoms with E-state index >= 15 is 0 Å². The maximum absolute atomic E-state index is 12.4. The van der Waals surface area contributed by atoms with Gasteiger partial charge >= 0.3 is 0 Å². The van der Waals surface area contributed by atoms with E-state index in [1.54, 1.807) is 26.2 Å². The Hall–Kier alpha value is -3.13. The first-order valence-corrected chi connectivity index (χ1v) is 9.91. The Morgan fingerprint density at radius 1 is 1.07 bits per heavy atom. The summed E-state index contributed by atoms with van der Waals surface area (Å²) in [6.45, 7) is 2.01. The number of hydrogen-bond donors (Lipinski definition) is 1. The first kappa shape index (κ1) is 20.6. The molecule has 2 amide bonds. The van der Waals surface area contributed by atoms with Gasteiger partial charge in [0.25, 0.3) is 5.24 Å². The second kappa shape index (κ2) is 9.38. The van der Waals surface area contributed by atoms with Gasteiger partial charge in [-0.05, 0) is 43.0 Å². The van der Waals surface area contributed by atoms with Crippen LogP contribution in [-0.4, -0.2) is 40.3 Å². The number of aryl methyl sites for hydroxylation is 2. The van der Waals surface area contributed by atoms with Crippen molar-refractivity contribution in [3.05, 3.63) is 60.0 Å². The molecule has 0 saturated carbocycles. The largest absolute Gasteiger partial charge is 0.421 e. The van der Waals surface area contributed by atoms with E-state index in [0.29, 0.717) is 28.8 Å². The third kappa shape index (κ3) is 5.68. The Balaban J connectivity index is 1.58. The quantitative estimate of drug-likeness (QED) is 0.606. The van der Waals surface area contributed by atoms with E-state index in [9.17, 15) is 9.59 Å². The molecular weight excluding hydrogens is 388 g/mol. The Morgan fingerprint density at radius 2 is 1.79 bits per heavy atom. The van der Waals surface area contributed by atoms with Crippen LogP contribution in [0.25, 0.3) is 11.5 Å². The summed E-state index contributed by atoms with van der Waals surface area (Å²) in [6.07, 6.45) is 0.521. The van der Waals surface area contributed by atoms with E-state index in [0.717, 1.165) is 22.9 Å². The summed E-state index contributed by atoms with van der Waals surface area (Å²) in [7, 11) is 3.37. The number of aromatic nitrogens is 2. The van der Waals surface area contributed by atoms with Crippen LogP contribution in [0.3, 0.4) is 0 Å². The summed E-state index contributed by atoms with van der Waals surface area (Å²) in [5.41, 5.74) is 2.59. The van der Waals surface area contributed by atoms with E-state index in [4.69, 9.17) is 4.42 Å². The van der Waals surface area contributed by atoms with E-state index < -0.39 is 0 Å². The Bertz CT molecular complexity index is 999. The second-order valence-electron chi connectivity index (χ2n) is 6.67. The fraction of sp³-hybridized carbons (Fsp3) is 0.238. The first-order valence-electron chi connectivity index (χ1n) is 9.10. The van der Waals surface area contributed by atoms with Crippen molar-refractivity contribution in [1.82, 2.24) is 15.1 Å². The topological polar surface area (TPSA) is 88.3 Å². The zero-order valence-corrected chi connectivity index (χ0v) is 17.3. The first-order chi connectivity index (χ1) is 13.9. The number of amides is 2. The van der Waals surface area contributed by atoms with Gasteiger partial charge in [0.1, 0.15) is 0 Å². The highest BCUT2D eigenvalue weighted by atomic mass is 32.2. The number of anilines is 1. The maximum atomic E-state index is 12.4. The molecule has 0 unspecified atom stereocenters. The predicted octanol–water partition coefficient (Wildman–Crippen LogP) is 4.39. The molecule has 0 radical (unpaired) electrons. The molecule has 1 heterocycles. The van der Waals surface area contributed by atoms with Gasteiger partial charge in [0.15, 0.2) is 0 Å². The minimum absolute atomic E-state index is 0.110. The second-order valence-corrected chi connectivity index (χ2v) is 7.67. The standard InChI is InChI=1S/C21H22N4O3S/c1-14-8-10-15(11-9-14)20-24-23-19(28-20)13-12-18(26)22-16-6-4-5-7-17(16)29-21(27)25(2)3/h4-11H,12-13H2,1-3H3,(H,22,26). The van der Waals surface area contributed by atoms with Crippen LogP contribution in [0.15, 0.2) is 57.8 Å². The number of benzene rings is 2. The van der Waals surface area contributed by atoms with Crippen molar-refractivity contribution in [2.75, 3.05) is 19.4 Å². The van der Waals surface area contributed by atoms with Gasteiger partial charge in [-0.3, -0.25) is 9.59 Å². The number of carbonyl (C=O) groups is 2. The van der Waals surface area contributed by atoms with Gasteiger partial charge in [-0.1, -0.05) is 29.8 Å². The van der Waals surface area contributed by atoms with E-state index in [2.05, 4.69) is 15.5 Å². The van der Waals surface area contributed by atoms with Crippen LogP contribution in [0.1, 0.15) is 17.9 Å². The minimum Gasteiger partial charge on any atom is -0.421 e. The zero-order valence-electron chi connectivity index (χ0n) is 16.5. The van der Waals surface area contributed by atoms with Gasteiger partial charge in [0.2, 0.25) is 17.7 Å². The molecule has 7 nitrogen and oxygen atoms in total. The van der Waals surface area contributed by atoms with Crippen molar-refractivity contribution in [2.24, 2.45) is 0 Å². The summed E-state index contributed by atoms with van der Waals surface area (Å²) in [5.74, 6) is 0.649. The molecule has 0 bridgehead atoms. The van der Waals surface area contributed by atoms with Crippen LogP contribution in [0.2, 0.25) is 0 Å². The Labute approximate surface area is 173 Å². The van der Waals surface area contributed by atoms with Crippen LogP contribution in [-0.2, 0) is 11.2 Å². The number of carbonyl (C=O) groups excluding carboxylic acids is 2.